The first-order chi connectivity index (χ1) is 13.2. The van der Waals surface area contributed by atoms with Gasteiger partial charge in [-0.1, -0.05) is 0 Å². The number of hydrogen-bond acceptors (Lipinski definition) is 3. The van der Waals surface area contributed by atoms with E-state index >= 15 is 0 Å². The molecule has 1 aromatic rings. The molecule has 28 heavy (non-hydrogen) atoms. The van der Waals surface area contributed by atoms with Crippen LogP contribution in [-0.4, -0.2) is 51.1 Å². The summed E-state index contributed by atoms with van der Waals surface area (Å²) in [4.78, 5) is 26.9. The van der Waals surface area contributed by atoms with E-state index in [4.69, 9.17) is 0 Å². The Morgan fingerprint density at radius 3 is 2.32 bits per heavy atom. The van der Waals surface area contributed by atoms with Crippen molar-refractivity contribution in [3.8, 4) is 0 Å². The fourth-order valence-corrected chi connectivity index (χ4v) is 3.27. The SMILES string of the molecule is CCNC(=O)C[NH+](CC)CC(=O)Nc1cc(C(F)(F)F)ccc1N1CCCC1. The van der Waals surface area contributed by atoms with E-state index in [9.17, 15) is 22.8 Å². The van der Waals surface area contributed by atoms with Gasteiger partial charge in [0.1, 0.15) is 0 Å². The molecule has 1 aromatic carbocycles. The van der Waals surface area contributed by atoms with E-state index in [1.54, 1.807) is 0 Å². The molecule has 0 aromatic heterocycles. The van der Waals surface area contributed by atoms with Gasteiger partial charge in [0.2, 0.25) is 0 Å². The number of hydrogen-bond donors (Lipinski definition) is 3. The average molecular weight is 401 g/mol. The highest BCUT2D eigenvalue weighted by molar-refractivity contribution is 5.95. The summed E-state index contributed by atoms with van der Waals surface area (Å²) in [5, 5.41) is 5.32. The Morgan fingerprint density at radius 1 is 1.11 bits per heavy atom. The second-order valence-electron chi connectivity index (χ2n) is 6.88. The molecule has 0 bridgehead atoms. The average Bonchev–Trinajstić information content (AvgIpc) is 3.14. The second kappa shape index (κ2) is 9.77. The van der Waals surface area contributed by atoms with Crippen LogP contribution in [-0.2, 0) is 15.8 Å². The molecule has 9 heteroatoms. The van der Waals surface area contributed by atoms with Gasteiger partial charge in [0.25, 0.3) is 11.8 Å². The number of nitrogens with one attached hydrogen (secondary N) is 3. The van der Waals surface area contributed by atoms with E-state index in [2.05, 4.69) is 10.6 Å². The summed E-state index contributed by atoms with van der Waals surface area (Å²) < 4.78 is 39.4. The number of carbonyl (C=O) groups is 2. The van der Waals surface area contributed by atoms with Crippen molar-refractivity contribution >= 4 is 23.2 Å². The van der Waals surface area contributed by atoms with Crippen LogP contribution in [0.2, 0.25) is 0 Å². The number of likely N-dealkylation sites (N-methyl/N-ethyl adjacent to an activating group) is 2. The molecule has 1 saturated heterocycles. The first kappa shape index (κ1) is 22.0. The lowest BCUT2D eigenvalue weighted by Gasteiger charge is -2.23. The molecule has 156 valence electrons. The van der Waals surface area contributed by atoms with Crippen LogP contribution in [0.3, 0.4) is 0 Å². The lowest BCUT2D eigenvalue weighted by atomic mass is 10.1. The normalized spacial score (nSPS) is 15.4. The molecule has 6 nitrogen and oxygen atoms in total. The van der Waals surface area contributed by atoms with Gasteiger partial charge < -0.3 is 20.4 Å². The fraction of sp³-hybridized carbons (Fsp3) is 0.579. The molecular formula is C19H28F3N4O2+. The van der Waals surface area contributed by atoms with Gasteiger partial charge in [-0.2, -0.15) is 13.2 Å². The highest BCUT2D eigenvalue weighted by atomic mass is 19.4. The summed E-state index contributed by atoms with van der Waals surface area (Å²) >= 11 is 0. The van der Waals surface area contributed by atoms with E-state index in [-0.39, 0.29) is 24.7 Å². The number of carbonyl (C=O) groups excluding carboxylic acids is 2. The number of alkyl halides is 3. The van der Waals surface area contributed by atoms with Crippen molar-refractivity contribution in [3.05, 3.63) is 23.8 Å². The number of quaternary nitrogens is 1. The van der Waals surface area contributed by atoms with Gasteiger partial charge in [-0.3, -0.25) is 9.59 Å². The number of rotatable bonds is 8. The Labute approximate surface area is 163 Å². The summed E-state index contributed by atoms with van der Waals surface area (Å²) in [7, 11) is 0. The molecule has 0 aliphatic carbocycles. The zero-order valence-corrected chi connectivity index (χ0v) is 16.3. The van der Waals surface area contributed by atoms with E-state index in [1.807, 2.05) is 18.7 Å². The van der Waals surface area contributed by atoms with Gasteiger partial charge in [0.05, 0.1) is 23.5 Å². The van der Waals surface area contributed by atoms with Gasteiger partial charge in [0.15, 0.2) is 13.1 Å². The van der Waals surface area contributed by atoms with Gasteiger partial charge in [-0.15, -0.1) is 0 Å². The number of benzene rings is 1. The fourth-order valence-electron chi connectivity index (χ4n) is 3.27. The summed E-state index contributed by atoms with van der Waals surface area (Å²) in [6, 6.07) is 3.45. The van der Waals surface area contributed by atoms with E-state index in [1.165, 1.54) is 6.07 Å². The van der Waals surface area contributed by atoms with Gasteiger partial charge >= 0.3 is 6.18 Å². The molecule has 2 amide bonds. The van der Waals surface area contributed by atoms with Crippen molar-refractivity contribution in [2.75, 3.05) is 49.5 Å². The van der Waals surface area contributed by atoms with Crippen molar-refractivity contribution in [3.63, 3.8) is 0 Å². The molecule has 1 aliphatic heterocycles. The van der Waals surface area contributed by atoms with E-state index in [0.717, 1.165) is 43.0 Å². The van der Waals surface area contributed by atoms with Crippen LogP contribution < -0.4 is 20.4 Å². The summed E-state index contributed by atoms with van der Waals surface area (Å²) in [6.07, 6.45) is -2.55. The highest BCUT2D eigenvalue weighted by Crippen LogP contribution is 2.36. The predicted octanol–water partition coefficient (Wildman–Crippen LogP) is 1.29. The van der Waals surface area contributed by atoms with Gasteiger partial charge in [0, 0.05) is 19.6 Å². The minimum atomic E-state index is -4.48. The highest BCUT2D eigenvalue weighted by Gasteiger charge is 2.32. The van der Waals surface area contributed by atoms with Crippen LogP contribution in [0.4, 0.5) is 24.5 Å². The minimum absolute atomic E-state index is 0.00329. The van der Waals surface area contributed by atoms with Gasteiger partial charge in [-0.25, -0.2) is 0 Å². The molecule has 1 aliphatic rings. The smallest absolute Gasteiger partial charge is 0.370 e. The maximum atomic E-state index is 13.1. The third kappa shape index (κ3) is 6.12. The quantitative estimate of drug-likeness (QED) is 0.615. The number of halogens is 3. The van der Waals surface area contributed by atoms with Crippen LogP contribution in [0.5, 0.6) is 0 Å². The molecule has 1 unspecified atom stereocenters. The van der Waals surface area contributed by atoms with Crippen LogP contribution in [0.25, 0.3) is 0 Å². The Balaban J connectivity index is 2.15. The standard InChI is InChI=1S/C19H27F3N4O2/c1-3-23-17(27)12-25(4-2)13-18(28)24-15-11-14(19(20,21)22)7-8-16(15)26-9-5-6-10-26/h7-8,11H,3-6,9-10,12-13H2,1-2H3,(H,23,27)(H,24,28)/p+1. The van der Waals surface area contributed by atoms with Crippen LogP contribution in [0, 0.1) is 0 Å². The molecule has 2 rings (SSSR count). The second-order valence-corrected chi connectivity index (χ2v) is 6.88. The Hall–Kier alpha value is -2.29. The molecule has 0 spiro atoms. The summed E-state index contributed by atoms with van der Waals surface area (Å²) in [5.74, 6) is -0.579. The largest absolute Gasteiger partial charge is 0.416 e. The molecule has 1 heterocycles. The summed E-state index contributed by atoms with van der Waals surface area (Å²) in [5.41, 5.74) is -0.0384. The van der Waals surface area contributed by atoms with E-state index in [0.29, 0.717) is 18.8 Å². The molecule has 0 saturated carbocycles. The molecular weight excluding hydrogens is 373 g/mol. The first-order valence-electron chi connectivity index (χ1n) is 9.60. The molecule has 1 atom stereocenters. The number of amides is 2. The zero-order valence-electron chi connectivity index (χ0n) is 16.3. The summed E-state index contributed by atoms with van der Waals surface area (Å²) in [6.45, 7) is 6.35. The third-order valence-electron chi connectivity index (χ3n) is 4.74. The number of anilines is 2. The van der Waals surface area contributed by atoms with Crippen molar-refractivity contribution in [1.82, 2.24) is 5.32 Å². The maximum absolute atomic E-state index is 13.1. The molecule has 1 fully saturated rings. The number of nitrogens with zero attached hydrogens (tertiary/aromatic N) is 1. The Morgan fingerprint density at radius 2 is 1.75 bits per heavy atom. The van der Waals surface area contributed by atoms with Crippen molar-refractivity contribution in [2.24, 2.45) is 0 Å². The monoisotopic (exact) mass is 401 g/mol. The first-order valence-corrected chi connectivity index (χ1v) is 9.60. The lowest BCUT2D eigenvalue weighted by molar-refractivity contribution is -0.881. The predicted molar refractivity (Wildman–Crippen MR) is 101 cm³/mol. The Kier molecular flexibility index (Phi) is 7.68. The van der Waals surface area contributed by atoms with Crippen molar-refractivity contribution < 1.29 is 27.7 Å². The van der Waals surface area contributed by atoms with Crippen LogP contribution in [0.1, 0.15) is 32.3 Å². The lowest BCUT2D eigenvalue weighted by Crippen LogP contribution is -3.14. The van der Waals surface area contributed by atoms with Crippen molar-refractivity contribution in [2.45, 2.75) is 32.9 Å². The Bertz CT molecular complexity index is 688. The third-order valence-corrected chi connectivity index (χ3v) is 4.74. The zero-order chi connectivity index (χ0) is 20.7. The van der Waals surface area contributed by atoms with E-state index < -0.39 is 17.6 Å². The van der Waals surface area contributed by atoms with Crippen LogP contribution >= 0.6 is 0 Å². The van der Waals surface area contributed by atoms with Crippen molar-refractivity contribution in [1.29, 1.82) is 0 Å². The minimum Gasteiger partial charge on any atom is -0.370 e. The van der Waals surface area contributed by atoms with Crippen LogP contribution in [0.15, 0.2) is 18.2 Å². The maximum Gasteiger partial charge on any atom is 0.416 e. The molecule has 3 N–H and O–H groups in total. The topological polar surface area (TPSA) is 65.9 Å². The molecule has 0 radical (unpaired) electrons. The van der Waals surface area contributed by atoms with Gasteiger partial charge in [-0.05, 0) is 44.9 Å².